The molecule has 1 heterocycles. The van der Waals surface area contributed by atoms with Gasteiger partial charge < -0.3 is 15.4 Å². The lowest BCUT2D eigenvalue weighted by atomic mass is 10.1. The van der Waals surface area contributed by atoms with E-state index >= 15 is 0 Å². The first-order valence-corrected chi connectivity index (χ1v) is 5.50. The number of rotatable bonds is 4. The molecule has 4 heteroatoms. The molecule has 1 aromatic rings. The van der Waals surface area contributed by atoms with E-state index in [2.05, 4.69) is 18.4 Å². The fourth-order valence-corrected chi connectivity index (χ4v) is 2.17. The van der Waals surface area contributed by atoms with Crippen LogP contribution in [0.3, 0.4) is 0 Å². The largest absolute Gasteiger partial charge is 0.480 e. The molecule has 0 amide bonds. The number of aryl methyl sites for hydroxylation is 1. The number of aliphatic carboxylic acids is 1. The molecule has 0 bridgehead atoms. The van der Waals surface area contributed by atoms with Crippen molar-refractivity contribution in [3.8, 4) is 0 Å². The third-order valence-corrected chi connectivity index (χ3v) is 2.86. The lowest BCUT2D eigenvalue weighted by Crippen LogP contribution is -2.32. The van der Waals surface area contributed by atoms with Gasteiger partial charge in [0.15, 0.2) is 0 Å². The Hall–Kier alpha value is -1.29. The van der Waals surface area contributed by atoms with Gasteiger partial charge in [0.2, 0.25) is 0 Å². The second-order valence-corrected chi connectivity index (χ2v) is 4.51. The molecule has 0 saturated heterocycles. The van der Waals surface area contributed by atoms with Crippen LogP contribution in [0, 0.1) is 13.8 Å². The molecule has 1 rings (SSSR count). The number of aromatic nitrogens is 1. The second-order valence-electron chi connectivity index (χ2n) is 4.51. The first-order chi connectivity index (χ1) is 7.34. The summed E-state index contributed by atoms with van der Waals surface area (Å²) in [6, 6.07) is 1.59. The highest BCUT2D eigenvalue weighted by Crippen LogP contribution is 2.20. The molecular formula is C12H20N2O2. The normalized spacial score (nSPS) is 13.1. The zero-order chi connectivity index (χ0) is 12.5. The Bertz CT molecular complexity index is 394. The predicted molar refractivity (Wildman–Crippen MR) is 63.6 cm³/mol. The minimum Gasteiger partial charge on any atom is -0.480 e. The van der Waals surface area contributed by atoms with Gasteiger partial charge in [0.1, 0.15) is 6.04 Å². The molecule has 0 aliphatic rings. The molecule has 16 heavy (non-hydrogen) atoms. The van der Waals surface area contributed by atoms with E-state index in [9.17, 15) is 4.79 Å². The van der Waals surface area contributed by atoms with Crippen LogP contribution in [0.25, 0.3) is 0 Å². The lowest BCUT2D eigenvalue weighted by Gasteiger charge is -2.14. The Kier molecular flexibility index (Phi) is 3.75. The molecule has 0 aromatic carbocycles. The van der Waals surface area contributed by atoms with E-state index < -0.39 is 12.0 Å². The maximum atomic E-state index is 10.7. The van der Waals surface area contributed by atoms with Crippen molar-refractivity contribution in [3.05, 3.63) is 23.0 Å². The van der Waals surface area contributed by atoms with Crippen LogP contribution in [0.1, 0.15) is 36.8 Å². The van der Waals surface area contributed by atoms with Crippen LogP contribution in [-0.2, 0) is 11.2 Å². The van der Waals surface area contributed by atoms with Gasteiger partial charge in [0.25, 0.3) is 0 Å². The predicted octanol–water partition coefficient (Wildman–Crippen LogP) is 1.64. The Balaban J connectivity index is 2.99. The highest BCUT2D eigenvalue weighted by Gasteiger charge is 2.17. The Morgan fingerprint density at radius 3 is 2.44 bits per heavy atom. The third-order valence-electron chi connectivity index (χ3n) is 2.86. The van der Waals surface area contributed by atoms with Gasteiger partial charge in [-0.05, 0) is 45.7 Å². The summed E-state index contributed by atoms with van der Waals surface area (Å²) in [6.45, 7) is 8.27. The molecule has 0 aliphatic heterocycles. The minimum absolute atomic E-state index is 0.384. The van der Waals surface area contributed by atoms with Crippen LogP contribution >= 0.6 is 0 Å². The molecule has 1 aromatic heterocycles. The number of carboxylic acid groups (broad SMARTS) is 1. The van der Waals surface area contributed by atoms with Gasteiger partial charge in [-0.2, -0.15) is 0 Å². The van der Waals surface area contributed by atoms with Crippen molar-refractivity contribution in [2.75, 3.05) is 0 Å². The van der Waals surface area contributed by atoms with E-state index in [1.54, 1.807) is 0 Å². The Labute approximate surface area is 96.1 Å². The third kappa shape index (κ3) is 2.44. The van der Waals surface area contributed by atoms with E-state index in [1.165, 1.54) is 0 Å². The van der Waals surface area contributed by atoms with Gasteiger partial charge in [-0.15, -0.1) is 0 Å². The summed E-state index contributed by atoms with van der Waals surface area (Å²) in [5, 5.41) is 8.79. The van der Waals surface area contributed by atoms with E-state index in [4.69, 9.17) is 10.8 Å². The van der Waals surface area contributed by atoms with Crippen LogP contribution in [0.4, 0.5) is 0 Å². The lowest BCUT2D eigenvalue weighted by molar-refractivity contribution is -0.138. The molecule has 0 spiro atoms. The van der Waals surface area contributed by atoms with Crippen LogP contribution in [0.2, 0.25) is 0 Å². The number of carboxylic acids is 1. The highest BCUT2D eigenvalue weighted by molar-refractivity contribution is 5.73. The van der Waals surface area contributed by atoms with Crippen LogP contribution in [-0.4, -0.2) is 21.7 Å². The van der Waals surface area contributed by atoms with Gasteiger partial charge in [-0.25, -0.2) is 0 Å². The van der Waals surface area contributed by atoms with Gasteiger partial charge >= 0.3 is 5.97 Å². The topological polar surface area (TPSA) is 68.2 Å². The first-order valence-electron chi connectivity index (χ1n) is 5.50. The molecular weight excluding hydrogens is 204 g/mol. The summed E-state index contributed by atoms with van der Waals surface area (Å²) >= 11 is 0. The number of hydrogen-bond acceptors (Lipinski definition) is 2. The fourth-order valence-electron chi connectivity index (χ4n) is 2.17. The molecule has 1 atom stereocenters. The van der Waals surface area contributed by atoms with Crippen molar-refractivity contribution < 1.29 is 9.90 Å². The average Bonchev–Trinajstić information content (AvgIpc) is 2.41. The zero-order valence-electron chi connectivity index (χ0n) is 10.3. The molecule has 0 aliphatic carbocycles. The van der Waals surface area contributed by atoms with E-state index in [0.717, 1.165) is 17.0 Å². The second kappa shape index (κ2) is 4.70. The molecule has 0 saturated carbocycles. The maximum Gasteiger partial charge on any atom is 0.320 e. The maximum absolute atomic E-state index is 10.7. The minimum atomic E-state index is -0.950. The molecule has 0 fully saturated rings. The number of carbonyl (C=O) groups is 1. The quantitative estimate of drug-likeness (QED) is 0.817. The van der Waals surface area contributed by atoms with Crippen molar-refractivity contribution in [3.63, 3.8) is 0 Å². The van der Waals surface area contributed by atoms with Crippen LogP contribution in [0.5, 0.6) is 0 Å². The SMILES string of the molecule is Cc1cc(CC(N)C(=O)O)c(C)n1C(C)C. The summed E-state index contributed by atoms with van der Waals surface area (Å²) in [4.78, 5) is 10.7. The van der Waals surface area contributed by atoms with E-state index in [-0.39, 0.29) is 0 Å². The molecule has 0 radical (unpaired) electrons. The zero-order valence-corrected chi connectivity index (χ0v) is 10.3. The Morgan fingerprint density at radius 2 is 2.06 bits per heavy atom. The average molecular weight is 224 g/mol. The van der Waals surface area contributed by atoms with Crippen molar-refractivity contribution in [2.45, 2.75) is 46.2 Å². The first kappa shape index (κ1) is 12.8. The number of nitrogens with two attached hydrogens (primary N) is 1. The standard InChI is InChI=1S/C12H20N2O2/c1-7(2)14-8(3)5-10(9(14)4)6-11(13)12(15)16/h5,7,11H,6,13H2,1-4H3,(H,15,16). The van der Waals surface area contributed by atoms with Gasteiger partial charge in [-0.3, -0.25) is 4.79 Å². The van der Waals surface area contributed by atoms with Crippen molar-refractivity contribution in [2.24, 2.45) is 5.73 Å². The summed E-state index contributed by atoms with van der Waals surface area (Å²) in [5.41, 5.74) is 8.84. The van der Waals surface area contributed by atoms with E-state index in [1.807, 2.05) is 19.9 Å². The van der Waals surface area contributed by atoms with Crippen LogP contribution < -0.4 is 5.73 Å². The van der Waals surface area contributed by atoms with Crippen LogP contribution in [0.15, 0.2) is 6.07 Å². The molecule has 90 valence electrons. The van der Waals surface area contributed by atoms with Crippen molar-refractivity contribution >= 4 is 5.97 Å². The molecule has 3 N–H and O–H groups in total. The summed E-state index contributed by atoms with van der Waals surface area (Å²) in [6.07, 6.45) is 0.391. The smallest absolute Gasteiger partial charge is 0.320 e. The Morgan fingerprint density at radius 1 is 1.50 bits per heavy atom. The molecule has 4 nitrogen and oxygen atoms in total. The van der Waals surface area contributed by atoms with Gasteiger partial charge in [0, 0.05) is 17.4 Å². The summed E-state index contributed by atoms with van der Waals surface area (Å²) < 4.78 is 2.20. The van der Waals surface area contributed by atoms with Crippen molar-refractivity contribution in [1.29, 1.82) is 0 Å². The van der Waals surface area contributed by atoms with Gasteiger partial charge in [0.05, 0.1) is 0 Å². The summed E-state index contributed by atoms with van der Waals surface area (Å²) in [5.74, 6) is -0.950. The number of nitrogens with zero attached hydrogens (tertiary/aromatic N) is 1. The summed E-state index contributed by atoms with van der Waals surface area (Å²) in [7, 11) is 0. The monoisotopic (exact) mass is 224 g/mol. The van der Waals surface area contributed by atoms with Crippen molar-refractivity contribution in [1.82, 2.24) is 4.57 Å². The fraction of sp³-hybridized carbons (Fsp3) is 0.583. The van der Waals surface area contributed by atoms with E-state index in [0.29, 0.717) is 12.5 Å². The molecule has 1 unspecified atom stereocenters. The number of hydrogen-bond donors (Lipinski definition) is 2. The highest BCUT2D eigenvalue weighted by atomic mass is 16.4. The van der Waals surface area contributed by atoms with Gasteiger partial charge in [-0.1, -0.05) is 0 Å².